The lowest BCUT2D eigenvalue weighted by Gasteiger charge is -2.37. The molecule has 2 aromatic heterocycles. The van der Waals surface area contributed by atoms with E-state index in [-0.39, 0.29) is 17.7 Å². The summed E-state index contributed by atoms with van der Waals surface area (Å²) in [6, 6.07) is 9.66. The zero-order valence-corrected chi connectivity index (χ0v) is 14.6. The molecule has 5 nitrogen and oxygen atoms in total. The summed E-state index contributed by atoms with van der Waals surface area (Å²) < 4.78 is 1.06. The van der Waals surface area contributed by atoms with Gasteiger partial charge in [-0.05, 0) is 30.0 Å². The van der Waals surface area contributed by atoms with Crippen LogP contribution in [0.5, 0.6) is 0 Å². The smallest absolute Gasteiger partial charge is 0.263 e. The molecule has 0 radical (unpaired) electrons. The summed E-state index contributed by atoms with van der Waals surface area (Å²) in [6.45, 7) is 2.94. The van der Waals surface area contributed by atoms with Gasteiger partial charge in [-0.25, -0.2) is 4.98 Å². The van der Waals surface area contributed by atoms with Crippen LogP contribution in [0, 0.1) is 12.8 Å². The minimum Gasteiger partial charge on any atom is -0.336 e. The second kappa shape index (κ2) is 5.99. The number of aromatic nitrogens is 1. The molecule has 2 amide bonds. The Morgan fingerprint density at radius 3 is 2.79 bits per heavy atom. The number of rotatable bonds is 3. The van der Waals surface area contributed by atoms with Gasteiger partial charge in [0.05, 0.1) is 21.0 Å². The van der Waals surface area contributed by atoms with Gasteiger partial charge >= 0.3 is 0 Å². The summed E-state index contributed by atoms with van der Waals surface area (Å²) in [7, 11) is 0. The number of para-hydroxylation sites is 1. The number of carbonyl (C=O) groups excluding carboxylic acids is 2. The van der Waals surface area contributed by atoms with Crippen molar-refractivity contribution in [2.45, 2.75) is 6.92 Å². The zero-order chi connectivity index (χ0) is 16.7. The van der Waals surface area contributed by atoms with Crippen LogP contribution in [0.2, 0.25) is 0 Å². The predicted octanol–water partition coefficient (Wildman–Crippen LogP) is 3.38. The van der Waals surface area contributed by atoms with Gasteiger partial charge in [-0.1, -0.05) is 29.5 Å². The van der Waals surface area contributed by atoms with Crippen molar-refractivity contribution in [1.29, 1.82) is 0 Å². The molecule has 0 saturated carbocycles. The molecular formula is C17H15N3O2S2. The Kier molecular flexibility index (Phi) is 3.82. The van der Waals surface area contributed by atoms with Crippen LogP contribution in [0.4, 0.5) is 5.13 Å². The molecule has 1 aliphatic heterocycles. The van der Waals surface area contributed by atoms with E-state index in [1.54, 1.807) is 4.90 Å². The van der Waals surface area contributed by atoms with Crippen LogP contribution in [0.1, 0.15) is 15.2 Å². The first-order valence-electron chi connectivity index (χ1n) is 7.61. The van der Waals surface area contributed by atoms with E-state index in [0.717, 1.165) is 20.7 Å². The second-order valence-corrected chi connectivity index (χ2v) is 7.79. The monoisotopic (exact) mass is 357 g/mol. The largest absolute Gasteiger partial charge is 0.336 e. The Balaban J connectivity index is 1.39. The fraction of sp³-hybridized carbons (Fsp3) is 0.235. The van der Waals surface area contributed by atoms with Gasteiger partial charge < -0.3 is 10.2 Å². The van der Waals surface area contributed by atoms with Gasteiger partial charge in [0.1, 0.15) is 0 Å². The third kappa shape index (κ3) is 2.70. The number of benzene rings is 1. The number of thiophene rings is 1. The van der Waals surface area contributed by atoms with Crippen molar-refractivity contribution in [3.63, 3.8) is 0 Å². The van der Waals surface area contributed by atoms with Crippen molar-refractivity contribution >= 4 is 49.8 Å². The van der Waals surface area contributed by atoms with Crippen molar-refractivity contribution in [3.8, 4) is 0 Å². The molecule has 1 saturated heterocycles. The minimum absolute atomic E-state index is 0.00432. The van der Waals surface area contributed by atoms with Gasteiger partial charge in [-0.2, -0.15) is 0 Å². The number of fused-ring (bicyclic) bond motifs is 1. The molecule has 4 rings (SSSR count). The van der Waals surface area contributed by atoms with E-state index in [0.29, 0.717) is 18.2 Å². The number of anilines is 1. The summed E-state index contributed by atoms with van der Waals surface area (Å²) in [5, 5.41) is 5.39. The van der Waals surface area contributed by atoms with E-state index < -0.39 is 0 Å². The van der Waals surface area contributed by atoms with E-state index >= 15 is 0 Å². The molecule has 7 heteroatoms. The molecule has 1 fully saturated rings. The van der Waals surface area contributed by atoms with Gasteiger partial charge in [0.15, 0.2) is 5.13 Å². The van der Waals surface area contributed by atoms with Crippen LogP contribution in [0.25, 0.3) is 10.2 Å². The molecular weight excluding hydrogens is 342 g/mol. The third-order valence-electron chi connectivity index (χ3n) is 4.12. The number of aryl methyl sites for hydroxylation is 1. The minimum atomic E-state index is -0.165. The summed E-state index contributed by atoms with van der Waals surface area (Å²) in [5.41, 5.74) is 2.03. The lowest BCUT2D eigenvalue weighted by atomic mass is 9.99. The van der Waals surface area contributed by atoms with Crippen molar-refractivity contribution in [3.05, 3.63) is 46.2 Å². The zero-order valence-electron chi connectivity index (χ0n) is 13.0. The van der Waals surface area contributed by atoms with Gasteiger partial charge in [-0.3, -0.25) is 9.59 Å². The van der Waals surface area contributed by atoms with E-state index in [2.05, 4.69) is 10.3 Å². The number of likely N-dealkylation sites (tertiary alicyclic amines) is 1. The van der Waals surface area contributed by atoms with Gasteiger partial charge in [0, 0.05) is 13.1 Å². The van der Waals surface area contributed by atoms with Crippen molar-refractivity contribution in [2.75, 3.05) is 18.4 Å². The molecule has 3 heterocycles. The van der Waals surface area contributed by atoms with Crippen molar-refractivity contribution in [2.24, 2.45) is 5.92 Å². The fourth-order valence-electron chi connectivity index (χ4n) is 2.71. The van der Waals surface area contributed by atoms with E-state index in [9.17, 15) is 9.59 Å². The van der Waals surface area contributed by atoms with Crippen LogP contribution >= 0.6 is 22.7 Å². The Labute approximate surface area is 146 Å². The van der Waals surface area contributed by atoms with Crippen molar-refractivity contribution in [1.82, 2.24) is 9.88 Å². The molecule has 0 aliphatic carbocycles. The molecule has 0 unspecified atom stereocenters. The average molecular weight is 357 g/mol. The lowest BCUT2D eigenvalue weighted by molar-refractivity contribution is -0.123. The first-order valence-corrected chi connectivity index (χ1v) is 9.31. The fourth-order valence-corrected chi connectivity index (χ4v) is 4.35. The highest BCUT2D eigenvalue weighted by Gasteiger charge is 2.36. The first-order chi connectivity index (χ1) is 11.6. The number of carbonyl (C=O) groups is 2. The number of hydrogen-bond donors (Lipinski definition) is 1. The van der Waals surface area contributed by atoms with Crippen LogP contribution in [-0.2, 0) is 4.79 Å². The summed E-state index contributed by atoms with van der Waals surface area (Å²) in [4.78, 5) is 31.4. The molecule has 1 aromatic carbocycles. The molecule has 24 heavy (non-hydrogen) atoms. The molecule has 0 atom stereocenters. The van der Waals surface area contributed by atoms with Crippen LogP contribution in [-0.4, -0.2) is 34.8 Å². The van der Waals surface area contributed by atoms with Crippen LogP contribution in [0.3, 0.4) is 0 Å². The third-order valence-corrected chi connectivity index (χ3v) is 5.92. The Morgan fingerprint density at radius 2 is 2.08 bits per heavy atom. The molecule has 3 aromatic rings. The van der Waals surface area contributed by atoms with Crippen LogP contribution in [0.15, 0.2) is 35.7 Å². The number of thiazole rings is 1. The maximum Gasteiger partial charge on any atom is 0.263 e. The number of nitrogens with one attached hydrogen (secondary N) is 1. The Morgan fingerprint density at radius 1 is 1.25 bits per heavy atom. The van der Waals surface area contributed by atoms with Gasteiger partial charge in [-0.15, -0.1) is 11.3 Å². The lowest BCUT2D eigenvalue weighted by Crippen LogP contribution is -2.54. The van der Waals surface area contributed by atoms with Gasteiger partial charge in [0.25, 0.3) is 5.91 Å². The van der Waals surface area contributed by atoms with E-state index in [4.69, 9.17) is 0 Å². The number of amides is 2. The highest BCUT2D eigenvalue weighted by atomic mass is 32.1. The topological polar surface area (TPSA) is 62.3 Å². The Hall–Kier alpha value is -2.25. The normalized spacial score (nSPS) is 14.6. The molecule has 1 aliphatic rings. The second-order valence-electron chi connectivity index (χ2n) is 5.81. The average Bonchev–Trinajstić information content (AvgIpc) is 3.14. The molecule has 1 N–H and O–H groups in total. The van der Waals surface area contributed by atoms with E-state index in [1.807, 2.05) is 42.6 Å². The standard InChI is InChI=1S/C17H15N3O2S2/c1-10-4-2-5-12-14(10)18-17(24-12)19-15(21)11-8-20(9-11)16(22)13-6-3-7-23-13/h2-7,11H,8-9H2,1H3,(H,18,19,21). The molecule has 0 spiro atoms. The number of nitrogens with zero attached hydrogens (tertiary/aromatic N) is 2. The highest BCUT2D eigenvalue weighted by molar-refractivity contribution is 7.22. The van der Waals surface area contributed by atoms with Crippen LogP contribution < -0.4 is 5.32 Å². The van der Waals surface area contributed by atoms with Crippen molar-refractivity contribution < 1.29 is 9.59 Å². The summed E-state index contributed by atoms with van der Waals surface area (Å²) >= 11 is 2.90. The predicted molar refractivity (Wildman–Crippen MR) is 96.7 cm³/mol. The van der Waals surface area contributed by atoms with Gasteiger partial charge in [0.2, 0.25) is 5.91 Å². The number of hydrogen-bond acceptors (Lipinski definition) is 5. The quantitative estimate of drug-likeness (QED) is 0.782. The Bertz CT molecular complexity index is 911. The summed E-state index contributed by atoms with van der Waals surface area (Å²) in [6.07, 6.45) is 0. The SMILES string of the molecule is Cc1cccc2sc(NC(=O)C3CN(C(=O)c4cccs4)C3)nc12. The highest BCUT2D eigenvalue weighted by Crippen LogP contribution is 2.29. The molecule has 0 bridgehead atoms. The summed E-state index contributed by atoms with van der Waals surface area (Å²) in [5.74, 6) is -0.228. The maximum atomic E-state index is 12.3. The maximum absolute atomic E-state index is 12.3. The van der Waals surface area contributed by atoms with E-state index in [1.165, 1.54) is 22.7 Å². The molecule has 122 valence electrons. The first kappa shape index (κ1) is 15.3.